The Labute approximate surface area is 96.0 Å². The third kappa shape index (κ3) is 3.46. The Hall–Kier alpha value is -1.71. The van der Waals surface area contributed by atoms with Gasteiger partial charge in [-0.3, -0.25) is 4.79 Å². The van der Waals surface area contributed by atoms with E-state index in [1.165, 1.54) is 0 Å². The van der Waals surface area contributed by atoms with Crippen LogP contribution in [0, 0.1) is 0 Å². The number of carbonyl (C=O) groups is 1. The van der Waals surface area contributed by atoms with Crippen molar-refractivity contribution in [2.45, 2.75) is 19.9 Å². The van der Waals surface area contributed by atoms with Gasteiger partial charge < -0.3 is 15.4 Å². The molecule has 16 heavy (non-hydrogen) atoms. The Bertz CT molecular complexity index is 347. The second kappa shape index (κ2) is 5.39. The maximum Gasteiger partial charge on any atom is 0.260 e. The summed E-state index contributed by atoms with van der Waals surface area (Å²) in [4.78, 5) is 13.3. The minimum atomic E-state index is -0.0353. The van der Waals surface area contributed by atoms with E-state index >= 15 is 0 Å². The maximum atomic E-state index is 11.6. The van der Waals surface area contributed by atoms with Gasteiger partial charge in [0.15, 0.2) is 6.61 Å². The molecule has 1 amide bonds. The van der Waals surface area contributed by atoms with Crippen LogP contribution in [0.25, 0.3) is 0 Å². The number of benzene rings is 1. The van der Waals surface area contributed by atoms with Crippen molar-refractivity contribution >= 4 is 11.6 Å². The van der Waals surface area contributed by atoms with Gasteiger partial charge in [-0.2, -0.15) is 0 Å². The molecule has 0 atom stereocenters. The van der Waals surface area contributed by atoms with Crippen LogP contribution in [0.15, 0.2) is 24.3 Å². The summed E-state index contributed by atoms with van der Waals surface area (Å²) in [5.74, 6) is 0.617. The van der Waals surface area contributed by atoms with Crippen molar-refractivity contribution in [1.82, 2.24) is 4.90 Å². The zero-order chi connectivity index (χ0) is 12.1. The van der Waals surface area contributed by atoms with Crippen LogP contribution in [0.4, 0.5) is 5.69 Å². The van der Waals surface area contributed by atoms with Crippen LogP contribution in [-0.2, 0) is 4.79 Å². The van der Waals surface area contributed by atoms with Crippen LogP contribution in [-0.4, -0.2) is 30.5 Å². The number of rotatable bonds is 4. The Morgan fingerprint density at radius 1 is 1.38 bits per heavy atom. The standard InChI is InChI=1S/C12H18N2O2/c1-9(2)14(3)12(15)8-16-11-6-4-10(13)5-7-11/h4-7,9H,8,13H2,1-3H3. The monoisotopic (exact) mass is 222 g/mol. The number of nitrogens with two attached hydrogens (primary N) is 1. The molecule has 0 spiro atoms. The van der Waals surface area contributed by atoms with Crippen molar-refractivity contribution in [2.24, 2.45) is 0 Å². The van der Waals surface area contributed by atoms with E-state index in [1.807, 2.05) is 13.8 Å². The molecule has 1 aromatic carbocycles. The zero-order valence-corrected chi connectivity index (χ0v) is 9.93. The predicted molar refractivity (Wildman–Crippen MR) is 64.3 cm³/mol. The molecule has 4 heteroatoms. The average Bonchev–Trinajstić information content (AvgIpc) is 2.26. The SMILES string of the molecule is CC(C)N(C)C(=O)COc1ccc(N)cc1. The lowest BCUT2D eigenvalue weighted by Crippen LogP contribution is -2.36. The molecule has 0 aliphatic heterocycles. The molecule has 0 aromatic heterocycles. The second-order valence-electron chi connectivity index (χ2n) is 3.96. The van der Waals surface area contributed by atoms with Gasteiger partial charge in [-0.15, -0.1) is 0 Å². The Morgan fingerprint density at radius 2 is 1.94 bits per heavy atom. The number of nitrogen functional groups attached to an aromatic ring is 1. The van der Waals surface area contributed by atoms with Gasteiger partial charge in [0.05, 0.1) is 0 Å². The fourth-order valence-corrected chi connectivity index (χ4v) is 1.10. The molecule has 4 nitrogen and oxygen atoms in total. The molecule has 0 saturated heterocycles. The summed E-state index contributed by atoms with van der Waals surface area (Å²) >= 11 is 0. The first-order valence-corrected chi connectivity index (χ1v) is 5.24. The van der Waals surface area contributed by atoms with Crippen LogP contribution in [0.1, 0.15) is 13.8 Å². The van der Waals surface area contributed by atoms with Crippen molar-refractivity contribution in [2.75, 3.05) is 19.4 Å². The predicted octanol–water partition coefficient (Wildman–Crippen LogP) is 1.51. The molecule has 0 radical (unpaired) electrons. The summed E-state index contributed by atoms with van der Waals surface area (Å²) in [6.07, 6.45) is 0. The molecule has 0 aliphatic carbocycles. The van der Waals surface area contributed by atoms with Crippen LogP contribution in [0.5, 0.6) is 5.75 Å². The van der Waals surface area contributed by atoms with E-state index in [-0.39, 0.29) is 18.6 Å². The van der Waals surface area contributed by atoms with E-state index in [2.05, 4.69) is 0 Å². The van der Waals surface area contributed by atoms with Gasteiger partial charge in [0.1, 0.15) is 5.75 Å². The Balaban J connectivity index is 2.46. The lowest BCUT2D eigenvalue weighted by atomic mass is 10.3. The molecule has 1 rings (SSSR count). The number of likely N-dealkylation sites (N-methyl/N-ethyl adjacent to an activating group) is 1. The zero-order valence-electron chi connectivity index (χ0n) is 9.93. The van der Waals surface area contributed by atoms with Crippen molar-refractivity contribution in [3.05, 3.63) is 24.3 Å². The summed E-state index contributed by atoms with van der Waals surface area (Å²) in [5, 5.41) is 0. The van der Waals surface area contributed by atoms with Crippen LogP contribution >= 0.6 is 0 Å². The van der Waals surface area contributed by atoms with E-state index < -0.39 is 0 Å². The summed E-state index contributed by atoms with van der Waals surface area (Å²) < 4.78 is 5.35. The Morgan fingerprint density at radius 3 is 2.44 bits per heavy atom. The summed E-state index contributed by atoms with van der Waals surface area (Å²) in [6.45, 7) is 3.97. The maximum absolute atomic E-state index is 11.6. The fraction of sp³-hybridized carbons (Fsp3) is 0.417. The van der Waals surface area contributed by atoms with E-state index in [0.29, 0.717) is 11.4 Å². The van der Waals surface area contributed by atoms with Gasteiger partial charge in [-0.25, -0.2) is 0 Å². The van der Waals surface area contributed by atoms with Gasteiger partial charge in [-0.1, -0.05) is 0 Å². The van der Waals surface area contributed by atoms with Gasteiger partial charge >= 0.3 is 0 Å². The van der Waals surface area contributed by atoms with E-state index in [9.17, 15) is 4.79 Å². The summed E-state index contributed by atoms with van der Waals surface area (Å²) in [6, 6.07) is 7.16. The molecule has 0 saturated carbocycles. The minimum Gasteiger partial charge on any atom is -0.484 e. The molecule has 1 aromatic rings. The van der Waals surface area contributed by atoms with Gasteiger partial charge in [0.2, 0.25) is 0 Å². The number of hydrogen-bond donors (Lipinski definition) is 1. The topological polar surface area (TPSA) is 55.6 Å². The first-order valence-electron chi connectivity index (χ1n) is 5.24. The van der Waals surface area contributed by atoms with E-state index in [4.69, 9.17) is 10.5 Å². The molecule has 0 heterocycles. The van der Waals surface area contributed by atoms with Crippen LogP contribution in [0.3, 0.4) is 0 Å². The number of hydrogen-bond acceptors (Lipinski definition) is 3. The van der Waals surface area contributed by atoms with Crippen molar-refractivity contribution in [3.8, 4) is 5.75 Å². The molecule has 0 bridgehead atoms. The highest BCUT2D eigenvalue weighted by atomic mass is 16.5. The lowest BCUT2D eigenvalue weighted by Gasteiger charge is -2.21. The smallest absolute Gasteiger partial charge is 0.260 e. The van der Waals surface area contributed by atoms with Crippen LogP contribution in [0.2, 0.25) is 0 Å². The molecule has 0 fully saturated rings. The number of anilines is 1. The van der Waals surface area contributed by atoms with Crippen molar-refractivity contribution in [3.63, 3.8) is 0 Å². The number of amides is 1. The minimum absolute atomic E-state index is 0.0353. The molecule has 0 unspecified atom stereocenters. The third-order valence-corrected chi connectivity index (χ3v) is 2.41. The highest BCUT2D eigenvalue weighted by Gasteiger charge is 2.12. The average molecular weight is 222 g/mol. The van der Waals surface area contributed by atoms with Gasteiger partial charge in [0, 0.05) is 18.8 Å². The molecular weight excluding hydrogens is 204 g/mol. The van der Waals surface area contributed by atoms with Gasteiger partial charge in [0.25, 0.3) is 5.91 Å². The van der Waals surface area contributed by atoms with Crippen molar-refractivity contribution < 1.29 is 9.53 Å². The normalized spacial score (nSPS) is 10.2. The highest BCUT2D eigenvalue weighted by Crippen LogP contribution is 2.13. The second-order valence-corrected chi connectivity index (χ2v) is 3.96. The lowest BCUT2D eigenvalue weighted by molar-refractivity contribution is -0.133. The van der Waals surface area contributed by atoms with E-state index in [1.54, 1.807) is 36.2 Å². The first kappa shape index (κ1) is 12.4. The number of carbonyl (C=O) groups excluding carboxylic acids is 1. The van der Waals surface area contributed by atoms with Gasteiger partial charge in [-0.05, 0) is 38.1 Å². The first-order chi connectivity index (χ1) is 7.50. The largest absolute Gasteiger partial charge is 0.484 e. The van der Waals surface area contributed by atoms with Crippen molar-refractivity contribution in [1.29, 1.82) is 0 Å². The number of ether oxygens (including phenoxy) is 1. The summed E-state index contributed by atoms with van der Waals surface area (Å²) in [7, 11) is 1.76. The fourth-order valence-electron chi connectivity index (χ4n) is 1.10. The van der Waals surface area contributed by atoms with E-state index in [0.717, 1.165) is 0 Å². The molecule has 2 N–H and O–H groups in total. The quantitative estimate of drug-likeness (QED) is 0.786. The number of nitrogens with zero attached hydrogens (tertiary/aromatic N) is 1. The van der Waals surface area contributed by atoms with Crippen LogP contribution < -0.4 is 10.5 Å². The Kier molecular flexibility index (Phi) is 4.17. The highest BCUT2D eigenvalue weighted by molar-refractivity contribution is 5.77. The molecule has 0 aliphatic rings. The molecule has 88 valence electrons. The third-order valence-electron chi connectivity index (χ3n) is 2.41. The summed E-state index contributed by atoms with van der Waals surface area (Å²) in [5.41, 5.74) is 6.22. The molecular formula is C12H18N2O2.